The predicted octanol–water partition coefficient (Wildman–Crippen LogP) is 4.53. The van der Waals surface area contributed by atoms with Gasteiger partial charge in [-0.2, -0.15) is 0 Å². The lowest BCUT2D eigenvalue weighted by Crippen LogP contribution is -2.17. The molecule has 0 bridgehead atoms. The normalized spacial score (nSPS) is 12.0. The molecule has 0 fully saturated rings. The second-order valence-corrected chi connectivity index (χ2v) is 5.58. The highest BCUT2D eigenvalue weighted by atomic mass is 35.5. The highest BCUT2D eigenvalue weighted by Gasteiger charge is 2.17. The zero-order valence-corrected chi connectivity index (χ0v) is 13.0. The van der Waals surface area contributed by atoms with E-state index in [2.05, 4.69) is 0 Å². The van der Waals surface area contributed by atoms with E-state index in [0.29, 0.717) is 5.02 Å². The number of carbonyl (C=O) groups excluding carboxylic acids is 1. The number of carbonyl (C=O) groups is 1. The van der Waals surface area contributed by atoms with Gasteiger partial charge in [-0.05, 0) is 47.9 Å². The van der Waals surface area contributed by atoms with Crippen LogP contribution < -0.4 is 4.90 Å². The smallest absolute Gasteiger partial charge is 0.213 e. The van der Waals surface area contributed by atoms with Gasteiger partial charge in [-0.1, -0.05) is 30.7 Å². The lowest BCUT2D eigenvalue weighted by atomic mass is 9.89. The third-order valence-electron chi connectivity index (χ3n) is 3.70. The van der Waals surface area contributed by atoms with E-state index in [4.69, 9.17) is 11.6 Å². The predicted molar refractivity (Wildman–Crippen MR) is 84.6 cm³/mol. The van der Waals surface area contributed by atoms with Crippen LogP contribution >= 0.6 is 11.6 Å². The Bertz CT molecular complexity index is 672. The summed E-state index contributed by atoms with van der Waals surface area (Å²) in [4.78, 5) is 12.6. The Labute approximate surface area is 129 Å². The molecule has 0 aliphatic carbocycles. The van der Waals surface area contributed by atoms with Crippen molar-refractivity contribution < 1.29 is 9.18 Å². The van der Waals surface area contributed by atoms with Gasteiger partial charge in [0.1, 0.15) is 5.82 Å². The Kier molecular flexibility index (Phi) is 4.63. The number of amides is 1. The number of anilines is 1. The molecular weight excluding hydrogens is 289 g/mol. The van der Waals surface area contributed by atoms with Gasteiger partial charge in [0.25, 0.3) is 0 Å². The lowest BCUT2D eigenvalue weighted by Gasteiger charge is -2.22. The molecule has 4 heteroatoms. The lowest BCUT2D eigenvalue weighted by molar-refractivity contribution is -0.107. The molecule has 1 unspecified atom stereocenters. The fourth-order valence-corrected chi connectivity index (χ4v) is 2.66. The van der Waals surface area contributed by atoms with E-state index in [1.165, 1.54) is 11.0 Å². The van der Waals surface area contributed by atoms with Gasteiger partial charge >= 0.3 is 0 Å². The van der Waals surface area contributed by atoms with Crippen LogP contribution in [0.1, 0.15) is 29.5 Å². The van der Waals surface area contributed by atoms with Gasteiger partial charge in [0.2, 0.25) is 6.41 Å². The van der Waals surface area contributed by atoms with Crippen LogP contribution in [0.4, 0.5) is 10.1 Å². The molecule has 0 saturated heterocycles. The van der Waals surface area contributed by atoms with Crippen LogP contribution in [-0.4, -0.2) is 13.5 Å². The molecule has 0 aromatic heterocycles. The summed E-state index contributed by atoms with van der Waals surface area (Å²) in [5, 5.41) is 0.561. The van der Waals surface area contributed by atoms with Gasteiger partial charge in [-0.3, -0.25) is 4.79 Å². The molecule has 0 N–H and O–H groups in total. The minimum Gasteiger partial charge on any atom is -0.318 e. The molecule has 0 radical (unpaired) electrons. The van der Waals surface area contributed by atoms with Crippen molar-refractivity contribution in [3.05, 3.63) is 63.9 Å². The number of rotatable bonds is 4. The highest BCUT2D eigenvalue weighted by molar-refractivity contribution is 6.31. The molecule has 110 valence electrons. The van der Waals surface area contributed by atoms with Crippen LogP contribution in [0.15, 0.2) is 36.4 Å². The Morgan fingerprint density at radius 2 is 1.90 bits per heavy atom. The van der Waals surface area contributed by atoms with Crippen molar-refractivity contribution in [3.63, 3.8) is 0 Å². The largest absolute Gasteiger partial charge is 0.318 e. The standard InChI is InChI=1S/C17H17ClFNO/c1-11-4-6-14(19)9-16(11)12(2)15-7-5-13(18)8-17(15)20(3)10-21/h4-10,12H,1-3H3. The van der Waals surface area contributed by atoms with Crippen molar-refractivity contribution >= 4 is 23.7 Å². The molecule has 2 aromatic rings. The number of nitrogens with zero attached hydrogens (tertiary/aromatic N) is 1. The first-order valence-corrected chi connectivity index (χ1v) is 7.05. The van der Waals surface area contributed by atoms with E-state index in [0.717, 1.165) is 28.8 Å². The van der Waals surface area contributed by atoms with Crippen molar-refractivity contribution in [2.75, 3.05) is 11.9 Å². The summed E-state index contributed by atoms with van der Waals surface area (Å²) in [7, 11) is 1.67. The molecule has 0 aliphatic rings. The van der Waals surface area contributed by atoms with Crippen molar-refractivity contribution in [3.8, 4) is 0 Å². The van der Waals surface area contributed by atoms with E-state index >= 15 is 0 Å². The Morgan fingerprint density at radius 1 is 1.19 bits per heavy atom. The molecule has 2 nitrogen and oxygen atoms in total. The van der Waals surface area contributed by atoms with Crippen molar-refractivity contribution in [2.24, 2.45) is 0 Å². The molecule has 2 aromatic carbocycles. The second kappa shape index (κ2) is 6.27. The van der Waals surface area contributed by atoms with Crippen LogP contribution in [0.2, 0.25) is 5.02 Å². The second-order valence-electron chi connectivity index (χ2n) is 5.14. The van der Waals surface area contributed by atoms with E-state index in [1.54, 1.807) is 31.3 Å². The van der Waals surface area contributed by atoms with E-state index < -0.39 is 0 Å². The SMILES string of the molecule is Cc1ccc(F)cc1C(C)c1ccc(Cl)cc1N(C)C=O. The van der Waals surface area contributed by atoms with Crippen LogP contribution in [0.3, 0.4) is 0 Å². The third kappa shape index (κ3) is 3.24. The maximum Gasteiger partial charge on any atom is 0.213 e. The number of hydrogen-bond donors (Lipinski definition) is 0. The third-order valence-corrected chi connectivity index (χ3v) is 3.94. The average Bonchev–Trinajstić information content (AvgIpc) is 2.48. The molecule has 0 spiro atoms. The van der Waals surface area contributed by atoms with Gasteiger partial charge in [-0.25, -0.2) is 4.39 Å². The van der Waals surface area contributed by atoms with E-state index in [9.17, 15) is 9.18 Å². The van der Waals surface area contributed by atoms with Gasteiger partial charge in [0.05, 0.1) is 0 Å². The molecule has 2 rings (SSSR count). The maximum atomic E-state index is 13.5. The summed E-state index contributed by atoms with van der Waals surface area (Å²) >= 11 is 6.02. The zero-order chi connectivity index (χ0) is 15.6. The van der Waals surface area contributed by atoms with E-state index in [-0.39, 0.29) is 11.7 Å². The Balaban J connectivity index is 2.55. The molecule has 0 heterocycles. The number of halogens is 2. The average molecular weight is 306 g/mol. The maximum absolute atomic E-state index is 13.5. The highest BCUT2D eigenvalue weighted by Crippen LogP contribution is 2.35. The monoisotopic (exact) mass is 305 g/mol. The Hall–Kier alpha value is -1.87. The van der Waals surface area contributed by atoms with Crippen LogP contribution in [0, 0.1) is 12.7 Å². The zero-order valence-electron chi connectivity index (χ0n) is 12.2. The summed E-state index contributed by atoms with van der Waals surface area (Å²) in [6.45, 7) is 3.94. The molecule has 21 heavy (non-hydrogen) atoms. The summed E-state index contributed by atoms with van der Waals surface area (Å²) in [6, 6.07) is 10.2. The number of benzene rings is 2. The van der Waals surface area contributed by atoms with E-state index in [1.807, 2.05) is 19.9 Å². The molecule has 1 amide bonds. The summed E-state index contributed by atoms with van der Waals surface area (Å²) in [6.07, 6.45) is 0.736. The molecule has 0 aliphatic heterocycles. The number of aryl methyl sites for hydroxylation is 1. The topological polar surface area (TPSA) is 20.3 Å². The van der Waals surface area contributed by atoms with Crippen molar-refractivity contribution in [1.29, 1.82) is 0 Å². The quantitative estimate of drug-likeness (QED) is 0.760. The first-order valence-electron chi connectivity index (χ1n) is 6.67. The van der Waals surface area contributed by atoms with Crippen LogP contribution in [0.25, 0.3) is 0 Å². The van der Waals surface area contributed by atoms with Crippen LogP contribution in [-0.2, 0) is 4.79 Å². The minimum absolute atomic E-state index is 0.0460. The Morgan fingerprint density at radius 3 is 2.57 bits per heavy atom. The fourth-order valence-electron chi connectivity index (χ4n) is 2.49. The first-order chi connectivity index (χ1) is 9.93. The van der Waals surface area contributed by atoms with Gasteiger partial charge in [-0.15, -0.1) is 0 Å². The molecule has 0 saturated carbocycles. The fraction of sp³-hybridized carbons (Fsp3) is 0.235. The summed E-state index contributed by atoms with van der Waals surface area (Å²) < 4.78 is 13.5. The molecule has 1 atom stereocenters. The van der Waals surface area contributed by atoms with Gasteiger partial charge in [0, 0.05) is 23.7 Å². The molecular formula is C17H17ClFNO. The summed E-state index contributed by atoms with van der Waals surface area (Å²) in [5.41, 5.74) is 3.58. The minimum atomic E-state index is -0.262. The number of hydrogen-bond acceptors (Lipinski definition) is 1. The van der Waals surface area contributed by atoms with Crippen molar-refractivity contribution in [1.82, 2.24) is 0 Å². The van der Waals surface area contributed by atoms with Crippen molar-refractivity contribution in [2.45, 2.75) is 19.8 Å². The van der Waals surface area contributed by atoms with Gasteiger partial charge < -0.3 is 4.90 Å². The van der Waals surface area contributed by atoms with Crippen LogP contribution in [0.5, 0.6) is 0 Å². The first kappa shape index (κ1) is 15.5. The summed E-state index contributed by atoms with van der Waals surface area (Å²) in [5.74, 6) is -0.308. The van der Waals surface area contributed by atoms with Gasteiger partial charge in [0.15, 0.2) is 0 Å².